The van der Waals surface area contributed by atoms with E-state index in [1.807, 2.05) is 0 Å². The standard InChI is InChI=1S/C15H11ClFN3O3/c1-7-11-13(20-23-14(11)18-8(2)12(7)16)19-15(21)22-10-5-3-9(17)4-6-10/h3-6H,1-2H3,(H,19,20,21). The Morgan fingerprint density at radius 2 is 2.00 bits per heavy atom. The molecule has 0 aliphatic heterocycles. The van der Waals surface area contributed by atoms with Crippen molar-refractivity contribution in [2.24, 2.45) is 0 Å². The van der Waals surface area contributed by atoms with E-state index in [0.29, 0.717) is 21.7 Å². The summed E-state index contributed by atoms with van der Waals surface area (Å²) in [6.07, 6.45) is -0.789. The predicted octanol–water partition coefficient (Wildman–Crippen LogP) is 4.24. The molecule has 8 heteroatoms. The van der Waals surface area contributed by atoms with Gasteiger partial charge in [-0.15, -0.1) is 0 Å². The molecule has 2 aromatic heterocycles. The zero-order chi connectivity index (χ0) is 16.6. The number of benzene rings is 1. The monoisotopic (exact) mass is 335 g/mol. The van der Waals surface area contributed by atoms with E-state index in [2.05, 4.69) is 15.5 Å². The molecule has 2 heterocycles. The first kappa shape index (κ1) is 15.2. The molecule has 0 spiro atoms. The number of nitrogens with zero attached hydrogens (tertiary/aromatic N) is 2. The highest BCUT2D eigenvalue weighted by Crippen LogP contribution is 2.31. The van der Waals surface area contributed by atoms with Crippen molar-refractivity contribution < 1.29 is 18.4 Å². The van der Waals surface area contributed by atoms with Gasteiger partial charge in [0.1, 0.15) is 11.6 Å². The van der Waals surface area contributed by atoms with Crippen molar-refractivity contribution in [3.8, 4) is 5.75 Å². The molecule has 3 rings (SSSR count). The average molecular weight is 336 g/mol. The van der Waals surface area contributed by atoms with Gasteiger partial charge in [-0.05, 0) is 43.7 Å². The minimum atomic E-state index is -0.789. The zero-order valence-electron chi connectivity index (χ0n) is 12.2. The quantitative estimate of drug-likeness (QED) is 0.757. The summed E-state index contributed by atoms with van der Waals surface area (Å²) in [5.74, 6) is -0.0774. The van der Waals surface area contributed by atoms with Gasteiger partial charge >= 0.3 is 6.09 Å². The molecule has 0 bridgehead atoms. The molecule has 23 heavy (non-hydrogen) atoms. The summed E-state index contributed by atoms with van der Waals surface area (Å²) < 4.78 is 22.9. The second-order valence-electron chi connectivity index (χ2n) is 4.82. The van der Waals surface area contributed by atoms with Gasteiger partial charge in [-0.1, -0.05) is 16.8 Å². The Balaban J connectivity index is 1.85. The van der Waals surface area contributed by atoms with Gasteiger partial charge in [0.25, 0.3) is 5.71 Å². The average Bonchev–Trinajstić information content (AvgIpc) is 2.90. The zero-order valence-corrected chi connectivity index (χ0v) is 12.9. The second kappa shape index (κ2) is 5.85. The van der Waals surface area contributed by atoms with Crippen LogP contribution in [0.15, 0.2) is 28.8 Å². The van der Waals surface area contributed by atoms with E-state index >= 15 is 0 Å². The fourth-order valence-electron chi connectivity index (χ4n) is 2.10. The lowest BCUT2D eigenvalue weighted by molar-refractivity contribution is 0.215. The van der Waals surface area contributed by atoms with Crippen molar-refractivity contribution in [2.75, 3.05) is 5.32 Å². The lowest BCUT2D eigenvalue weighted by Gasteiger charge is -2.06. The van der Waals surface area contributed by atoms with Crippen LogP contribution in [0.1, 0.15) is 11.3 Å². The van der Waals surface area contributed by atoms with Crippen molar-refractivity contribution in [1.82, 2.24) is 10.1 Å². The van der Waals surface area contributed by atoms with Crippen LogP contribution in [-0.4, -0.2) is 16.2 Å². The van der Waals surface area contributed by atoms with Crippen LogP contribution in [0.25, 0.3) is 11.1 Å². The normalized spacial score (nSPS) is 10.8. The Hall–Kier alpha value is -2.67. The molecular weight excluding hydrogens is 325 g/mol. The van der Waals surface area contributed by atoms with Crippen molar-refractivity contribution in [3.05, 3.63) is 46.4 Å². The fraction of sp³-hybridized carbons (Fsp3) is 0.133. The van der Waals surface area contributed by atoms with Gasteiger partial charge in [0, 0.05) is 0 Å². The first-order valence-corrected chi connectivity index (χ1v) is 7.00. The van der Waals surface area contributed by atoms with Crippen molar-refractivity contribution >= 4 is 34.6 Å². The van der Waals surface area contributed by atoms with Gasteiger partial charge in [-0.2, -0.15) is 0 Å². The molecule has 6 nitrogen and oxygen atoms in total. The summed E-state index contributed by atoms with van der Waals surface area (Å²) in [7, 11) is 0. The summed E-state index contributed by atoms with van der Waals surface area (Å²) >= 11 is 6.16. The number of aromatic nitrogens is 2. The van der Waals surface area contributed by atoms with Crippen molar-refractivity contribution in [1.29, 1.82) is 0 Å². The third-order valence-corrected chi connectivity index (χ3v) is 3.77. The van der Waals surface area contributed by atoms with Gasteiger partial charge < -0.3 is 9.26 Å². The molecule has 3 aromatic rings. The highest BCUT2D eigenvalue weighted by atomic mass is 35.5. The van der Waals surface area contributed by atoms with E-state index in [1.54, 1.807) is 13.8 Å². The molecule has 118 valence electrons. The van der Waals surface area contributed by atoms with Crippen LogP contribution in [0, 0.1) is 19.7 Å². The summed E-state index contributed by atoms with van der Waals surface area (Å²) in [4.78, 5) is 16.1. The van der Waals surface area contributed by atoms with Gasteiger partial charge in [0.15, 0.2) is 5.82 Å². The molecule has 0 saturated carbocycles. The number of aryl methyl sites for hydroxylation is 2. The molecule has 0 fully saturated rings. The molecule has 0 aliphatic carbocycles. The van der Waals surface area contributed by atoms with Crippen LogP contribution in [0.3, 0.4) is 0 Å². The summed E-state index contributed by atoms with van der Waals surface area (Å²) in [6.45, 7) is 3.51. The number of fused-ring (bicyclic) bond motifs is 1. The van der Waals surface area contributed by atoms with E-state index in [4.69, 9.17) is 20.9 Å². The third-order valence-electron chi connectivity index (χ3n) is 3.21. The lowest BCUT2D eigenvalue weighted by atomic mass is 10.2. The number of anilines is 1. The maximum Gasteiger partial charge on any atom is 0.418 e. The molecule has 0 unspecified atom stereocenters. The Labute approximate surface area is 135 Å². The largest absolute Gasteiger partial charge is 0.418 e. The molecule has 0 saturated heterocycles. The van der Waals surface area contributed by atoms with Crippen LogP contribution in [0.5, 0.6) is 5.75 Å². The topological polar surface area (TPSA) is 77.3 Å². The number of halogens is 2. The Kier molecular flexibility index (Phi) is 3.87. The first-order chi connectivity index (χ1) is 11.0. The second-order valence-corrected chi connectivity index (χ2v) is 5.19. The third kappa shape index (κ3) is 2.95. The van der Waals surface area contributed by atoms with E-state index in [-0.39, 0.29) is 17.3 Å². The predicted molar refractivity (Wildman–Crippen MR) is 82.3 cm³/mol. The highest BCUT2D eigenvalue weighted by Gasteiger charge is 2.18. The molecule has 0 atom stereocenters. The van der Waals surface area contributed by atoms with Crippen molar-refractivity contribution in [3.63, 3.8) is 0 Å². The Morgan fingerprint density at radius 3 is 2.70 bits per heavy atom. The van der Waals surface area contributed by atoms with Gasteiger partial charge in [0.2, 0.25) is 0 Å². The number of ether oxygens (including phenoxy) is 1. The molecule has 1 amide bonds. The molecule has 0 radical (unpaired) electrons. The van der Waals surface area contributed by atoms with E-state index < -0.39 is 11.9 Å². The Bertz CT molecular complexity index is 893. The minimum absolute atomic E-state index is 0.152. The molecule has 1 aromatic carbocycles. The minimum Gasteiger partial charge on any atom is -0.410 e. The number of hydrogen-bond acceptors (Lipinski definition) is 5. The molecular formula is C15H11ClFN3O3. The highest BCUT2D eigenvalue weighted by molar-refractivity contribution is 6.33. The maximum absolute atomic E-state index is 12.8. The fourth-order valence-corrected chi connectivity index (χ4v) is 2.23. The summed E-state index contributed by atoms with van der Waals surface area (Å²) in [6, 6.07) is 5.04. The maximum atomic E-state index is 12.8. The number of carbonyl (C=O) groups is 1. The number of nitrogens with one attached hydrogen (secondary N) is 1. The molecule has 0 aliphatic rings. The van der Waals surface area contributed by atoms with Crippen LogP contribution in [0.2, 0.25) is 5.02 Å². The Morgan fingerprint density at radius 1 is 1.30 bits per heavy atom. The van der Waals surface area contributed by atoms with E-state index in [9.17, 15) is 9.18 Å². The number of rotatable bonds is 2. The molecule has 1 N–H and O–H groups in total. The smallest absolute Gasteiger partial charge is 0.410 e. The van der Waals surface area contributed by atoms with Gasteiger partial charge in [-0.3, -0.25) is 5.32 Å². The van der Waals surface area contributed by atoms with Crippen molar-refractivity contribution in [2.45, 2.75) is 13.8 Å². The number of amides is 1. The van der Waals surface area contributed by atoms with E-state index in [0.717, 1.165) is 0 Å². The van der Waals surface area contributed by atoms with Gasteiger partial charge in [0.05, 0.1) is 16.1 Å². The van der Waals surface area contributed by atoms with Gasteiger partial charge in [-0.25, -0.2) is 14.2 Å². The lowest BCUT2D eigenvalue weighted by Crippen LogP contribution is -2.17. The summed E-state index contributed by atoms with van der Waals surface area (Å²) in [5.41, 5.74) is 1.56. The first-order valence-electron chi connectivity index (χ1n) is 6.62. The van der Waals surface area contributed by atoms with E-state index in [1.165, 1.54) is 24.3 Å². The summed E-state index contributed by atoms with van der Waals surface area (Å²) in [5, 5.41) is 7.19. The van der Waals surface area contributed by atoms with Crippen LogP contribution < -0.4 is 10.1 Å². The van der Waals surface area contributed by atoms with Crippen LogP contribution >= 0.6 is 11.6 Å². The number of pyridine rings is 1. The SMILES string of the molecule is Cc1nc2onc(NC(=O)Oc3ccc(F)cc3)c2c(C)c1Cl. The number of hydrogen-bond donors (Lipinski definition) is 1. The number of carbonyl (C=O) groups excluding carboxylic acids is 1. The van der Waals surface area contributed by atoms with Crippen LogP contribution in [-0.2, 0) is 0 Å². The van der Waals surface area contributed by atoms with Crippen LogP contribution in [0.4, 0.5) is 15.0 Å².